The summed E-state index contributed by atoms with van der Waals surface area (Å²) >= 11 is 0. The Morgan fingerprint density at radius 3 is 2.83 bits per heavy atom. The zero-order valence-electron chi connectivity index (χ0n) is 19.5. The molecule has 0 bridgehead atoms. The van der Waals surface area contributed by atoms with E-state index >= 15 is 0 Å². The van der Waals surface area contributed by atoms with Crippen molar-refractivity contribution in [2.75, 3.05) is 0 Å². The van der Waals surface area contributed by atoms with Crippen LogP contribution in [0, 0.1) is 5.92 Å². The van der Waals surface area contributed by atoms with E-state index in [4.69, 9.17) is 10.5 Å². The van der Waals surface area contributed by atoms with Crippen molar-refractivity contribution in [2.24, 2.45) is 11.7 Å². The van der Waals surface area contributed by atoms with Crippen LogP contribution in [0.15, 0.2) is 48.6 Å². The van der Waals surface area contributed by atoms with Gasteiger partial charge in [-0.05, 0) is 37.1 Å². The standard InChI is InChI=1S/C26H27N5O4/c1-2-23(32)20-12-19-21(13-28-20)29-14-30-26(19)35-18-5-6-22-16(9-18)7-8-31(22)25(34)11-17(27)10-24(33)15-3-4-15/h5-10,14-15,20,28H,2-4,11-13,27H2,1H3. The van der Waals surface area contributed by atoms with Crippen LogP contribution in [0.4, 0.5) is 0 Å². The van der Waals surface area contributed by atoms with Gasteiger partial charge in [-0.15, -0.1) is 0 Å². The lowest BCUT2D eigenvalue weighted by atomic mass is 9.96. The minimum atomic E-state index is -0.274. The lowest BCUT2D eigenvalue weighted by Gasteiger charge is -2.25. The molecule has 0 amide bonds. The number of Topliss-reactive ketones (excluding diaryl/α,β-unsaturated/α-hetero) is 1. The molecule has 0 saturated heterocycles. The number of carbonyl (C=O) groups excluding carboxylic acids is 3. The number of hydrogen-bond acceptors (Lipinski definition) is 8. The third-order valence-electron chi connectivity index (χ3n) is 6.46. The maximum absolute atomic E-state index is 12.8. The maximum Gasteiger partial charge on any atom is 0.236 e. The van der Waals surface area contributed by atoms with Gasteiger partial charge in [-0.3, -0.25) is 19.0 Å². The summed E-state index contributed by atoms with van der Waals surface area (Å²) < 4.78 is 7.63. The zero-order chi connectivity index (χ0) is 24.5. The number of rotatable bonds is 8. The number of hydrogen-bond donors (Lipinski definition) is 2. The molecule has 1 aliphatic heterocycles. The van der Waals surface area contributed by atoms with Crippen molar-refractivity contribution in [2.45, 2.75) is 51.6 Å². The molecule has 0 radical (unpaired) electrons. The summed E-state index contributed by atoms with van der Waals surface area (Å²) in [5, 5.41) is 4.04. The van der Waals surface area contributed by atoms with Crippen LogP contribution >= 0.6 is 0 Å². The number of allylic oxidation sites excluding steroid dienone is 2. The lowest BCUT2D eigenvalue weighted by molar-refractivity contribution is -0.121. The molecule has 1 aliphatic carbocycles. The normalized spacial score (nSPS) is 17.7. The molecule has 1 aromatic carbocycles. The highest BCUT2D eigenvalue weighted by Crippen LogP contribution is 2.31. The number of fused-ring (bicyclic) bond motifs is 2. The molecule has 3 aromatic rings. The number of nitrogens with two attached hydrogens (primary N) is 1. The fraction of sp³-hybridized carbons (Fsp3) is 0.346. The van der Waals surface area contributed by atoms with E-state index in [1.165, 1.54) is 17.0 Å². The van der Waals surface area contributed by atoms with E-state index < -0.39 is 0 Å². The molecule has 5 rings (SSSR count). The second-order valence-corrected chi connectivity index (χ2v) is 9.04. The molecule has 9 heteroatoms. The first-order valence-electron chi connectivity index (χ1n) is 11.8. The number of aromatic nitrogens is 3. The van der Waals surface area contributed by atoms with Gasteiger partial charge in [0.15, 0.2) is 5.78 Å². The van der Waals surface area contributed by atoms with E-state index in [1.807, 2.05) is 19.1 Å². The van der Waals surface area contributed by atoms with Gasteiger partial charge in [0.05, 0.1) is 23.7 Å². The Morgan fingerprint density at radius 2 is 2.06 bits per heavy atom. The summed E-state index contributed by atoms with van der Waals surface area (Å²) in [5.41, 5.74) is 8.58. The molecule has 2 aromatic heterocycles. The number of ether oxygens (including phenoxy) is 1. The third kappa shape index (κ3) is 4.85. The SMILES string of the molecule is CCC(=O)C1Cc2c(ncnc2Oc2ccc3c(ccn3C(=O)CC(N)=CC(=O)C3CC3)c2)CN1. The quantitative estimate of drug-likeness (QED) is 0.478. The van der Waals surface area contributed by atoms with Crippen LogP contribution in [0.1, 0.15) is 48.7 Å². The van der Waals surface area contributed by atoms with Crippen LogP contribution in [0.5, 0.6) is 11.6 Å². The van der Waals surface area contributed by atoms with Crippen LogP contribution in [0.2, 0.25) is 0 Å². The summed E-state index contributed by atoms with van der Waals surface area (Å²) in [6.45, 7) is 2.33. The Hall–Kier alpha value is -3.85. The molecule has 9 nitrogen and oxygen atoms in total. The third-order valence-corrected chi connectivity index (χ3v) is 6.46. The molecular formula is C26H27N5O4. The van der Waals surface area contributed by atoms with E-state index in [1.54, 1.807) is 18.3 Å². The van der Waals surface area contributed by atoms with Crippen LogP contribution in [0.25, 0.3) is 10.9 Å². The number of benzene rings is 1. The van der Waals surface area contributed by atoms with Crippen molar-refractivity contribution in [1.82, 2.24) is 19.9 Å². The van der Waals surface area contributed by atoms with Crippen molar-refractivity contribution < 1.29 is 19.1 Å². The molecule has 3 heterocycles. The Kier molecular flexibility index (Phi) is 6.17. The first kappa shape index (κ1) is 22.9. The molecule has 1 fully saturated rings. The summed E-state index contributed by atoms with van der Waals surface area (Å²) in [6, 6.07) is 6.95. The molecule has 35 heavy (non-hydrogen) atoms. The molecule has 3 N–H and O–H groups in total. The summed E-state index contributed by atoms with van der Waals surface area (Å²) in [6.07, 6.45) is 7.24. The van der Waals surface area contributed by atoms with Crippen molar-refractivity contribution in [1.29, 1.82) is 0 Å². The van der Waals surface area contributed by atoms with Crippen molar-refractivity contribution in [3.8, 4) is 11.6 Å². The van der Waals surface area contributed by atoms with Crippen molar-refractivity contribution >= 4 is 28.4 Å². The molecule has 1 unspecified atom stereocenters. The maximum atomic E-state index is 12.8. The van der Waals surface area contributed by atoms with Crippen LogP contribution < -0.4 is 15.8 Å². The Bertz CT molecular complexity index is 1360. The zero-order valence-corrected chi connectivity index (χ0v) is 19.5. The number of nitrogens with one attached hydrogen (secondary N) is 1. The van der Waals surface area contributed by atoms with E-state index in [9.17, 15) is 14.4 Å². The van der Waals surface area contributed by atoms with Crippen LogP contribution in [-0.4, -0.2) is 38.1 Å². The Labute approximate surface area is 202 Å². The number of nitrogens with zero attached hydrogens (tertiary/aromatic N) is 3. The van der Waals surface area contributed by atoms with Crippen molar-refractivity contribution in [3.63, 3.8) is 0 Å². The first-order chi connectivity index (χ1) is 16.9. The predicted octanol–water partition coefficient (Wildman–Crippen LogP) is 3.07. The van der Waals surface area contributed by atoms with Gasteiger partial charge in [-0.1, -0.05) is 6.92 Å². The molecule has 0 spiro atoms. The molecule has 1 atom stereocenters. The summed E-state index contributed by atoms with van der Waals surface area (Å²) in [7, 11) is 0. The largest absolute Gasteiger partial charge is 0.439 e. The highest BCUT2D eigenvalue weighted by Gasteiger charge is 2.28. The number of carbonyl (C=O) groups is 3. The minimum Gasteiger partial charge on any atom is -0.439 e. The fourth-order valence-electron chi connectivity index (χ4n) is 4.34. The highest BCUT2D eigenvalue weighted by molar-refractivity contribution is 5.97. The smallest absolute Gasteiger partial charge is 0.236 e. The second kappa shape index (κ2) is 9.42. The monoisotopic (exact) mass is 473 g/mol. The van der Waals surface area contributed by atoms with E-state index in [0.717, 1.165) is 29.5 Å². The highest BCUT2D eigenvalue weighted by atomic mass is 16.5. The fourth-order valence-corrected chi connectivity index (χ4v) is 4.34. The minimum absolute atomic E-state index is 0.00234. The van der Waals surface area contributed by atoms with Gasteiger partial charge in [-0.25, -0.2) is 9.97 Å². The van der Waals surface area contributed by atoms with Crippen molar-refractivity contribution in [3.05, 3.63) is 59.8 Å². The van der Waals surface area contributed by atoms with Gasteiger partial charge >= 0.3 is 0 Å². The van der Waals surface area contributed by atoms with Gasteiger partial charge < -0.3 is 15.8 Å². The summed E-state index contributed by atoms with van der Waals surface area (Å²) in [4.78, 5) is 45.6. The number of ketones is 2. The average molecular weight is 474 g/mol. The molecule has 180 valence electrons. The topological polar surface area (TPSA) is 129 Å². The first-order valence-corrected chi connectivity index (χ1v) is 11.8. The average Bonchev–Trinajstić information content (AvgIpc) is 3.63. The van der Waals surface area contributed by atoms with Gasteiger partial charge in [0.25, 0.3) is 0 Å². The van der Waals surface area contributed by atoms with E-state index in [2.05, 4.69) is 15.3 Å². The van der Waals surface area contributed by atoms with Gasteiger partial charge in [0, 0.05) is 54.2 Å². The van der Waals surface area contributed by atoms with Crippen LogP contribution in [-0.2, 0) is 22.6 Å². The van der Waals surface area contributed by atoms with E-state index in [-0.39, 0.29) is 41.6 Å². The summed E-state index contributed by atoms with van der Waals surface area (Å²) in [5.74, 6) is 1.00. The Balaban J connectivity index is 1.33. The van der Waals surface area contributed by atoms with Gasteiger partial charge in [0.2, 0.25) is 11.8 Å². The molecule has 1 saturated carbocycles. The second-order valence-electron chi connectivity index (χ2n) is 9.04. The predicted molar refractivity (Wildman–Crippen MR) is 129 cm³/mol. The van der Waals surface area contributed by atoms with Crippen LogP contribution in [0.3, 0.4) is 0 Å². The van der Waals surface area contributed by atoms with E-state index in [0.29, 0.717) is 36.5 Å². The van der Waals surface area contributed by atoms with Gasteiger partial charge in [-0.2, -0.15) is 0 Å². The lowest BCUT2D eigenvalue weighted by Crippen LogP contribution is -2.42. The Morgan fingerprint density at radius 1 is 1.23 bits per heavy atom. The molecule has 2 aliphatic rings. The van der Waals surface area contributed by atoms with Gasteiger partial charge in [0.1, 0.15) is 17.9 Å². The molecular weight excluding hydrogens is 446 g/mol.